The second kappa shape index (κ2) is 8.52. The first-order chi connectivity index (χ1) is 13.5. The third kappa shape index (κ3) is 4.28. The molecule has 28 heavy (non-hydrogen) atoms. The predicted molar refractivity (Wildman–Crippen MR) is 96.6 cm³/mol. The van der Waals surface area contributed by atoms with Crippen molar-refractivity contribution >= 4 is 29.0 Å². The van der Waals surface area contributed by atoms with Gasteiger partial charge in [0.1, 0.15) is 5.69 Å². The van der Waals surface area contributed by atoms with Gasteiger partial charge in [0.15, 0.2) is 0 Å². The van der Waals surface area contributed by atoms with Crippen LogP contribution in [0.25, 0.3) is 5.69 Å². The maximum Gasteiger partial charge on any atom is 0.292 e. The van der Waals surface area contributed by atoms with Crippen LogP contribution >= 0.6 is 11.8 Å². The number of nitrogens with zero attached hydrogens (tertiary/aromatic N) is 5. The highest BCUT2D eigenvalue weighted by Crippen LogP contribution is 2.28. The zero-order valence-electron chi connectivity index (χ0n) is 14.0. The van der Waals surface area contributed by atoms with Crippen molar-refractivity contribution < 1.29 is 18.5 Å². The summed E-state index contributed by atoms with van der Waals surface area (Å²) in [6.45, 7) is 0. The van der Waals surface area contributed by atoms with E-state index in [1.807, 2.05) is 0 Å². The van der Waals surface area contributed by atoms with Crippen LogP contribution in [0.15, 0.2) is 53.7 Å². The van der Waals surface area contributed by atoms with E-state index in [0.717, 1.165) is 16.4 Å². The topological polar surface area (TPSA) is 116 Å². The Labute approximate surface area is 160 Å². The van der Waals surface area contributed by atoms with Gasteiger partial charge in [-0.25, -0.2) is 8.78 Å². The van der Waals surface area contributed by atoms with Gasteiger partial charge in [-0.1, -0.05) is 42.1 Å². The molecule has 0 bridgehead atoms. The van der Waals surface area contributed by atoms with Crippen LogP contribution in [0.5, 0.6) is 0 Å². The Morgan fingerprint density at radius 1 is 1.21 bits per heavy atom. The number of hydrogen-bond acceptors (Lipinski definition) is 7. The number of benzene rings is 2. The lowest BCUT2D eigenvalue weighted by Crippen LogP contribution is -2.15. The second-order valence-electron chi connectivity index (χ2n) is 5.34. The van der Waals surface area contributed by atoms with E-state index in [1.165, 1.54) is 36.4 Å². The molecule has 1 heterocycles. The molecule has 0 atom stereocenters. The van der Waals surface area contributed by atoms with Gasteiger partial charge in [0, 0.05) is 11.6 Å². The summed E-state index contributed by atoms with van der Waals surface area (Å²) in [6.07, 6.45) is -2.72. The second-order valence-corrected chi connectivity index (χ2v) is 6.29. The van der Waals surface area contributed by atoms with E-state index in [4.69, 9.17) is 0 Å². The van der Waals surface area contributed by atoms with E-state index in [9.17, 15) is 23.7 Å². The first kappa shape index (κ1) is 19.4. The molecular weight excluding hydrogens is 394 g/mol. The van der Waals surface area contributed by atoms with Crippen LogP contribution in [0.2, 0.25) is 0 Å². The number of carbonyl (C=O) groups excluding carboxylic acids is 1. The fourth-order valence-electron chi connectivity index (χ4n) is 2.34. The Balaban J connectivity index is 1.73. The summed E-state index contributed by atoms with van der Waals surface area (Å²) >= 11 is 0.911. The molecule has 144 valence electrons. The maximum absolute atomic E-state index is 13.2. The molecule has 1 aromatic heterocycles. The fraction of sp³-hybridized carbons (Fsp3) is 0.125. The van der Waals surface area contributed by atoms with Gasteiger partial charge in [-0.05, 0) is 22.6 Å². The third-order valence-electron chi connectivity index (χ3n) is 3.55. The number of thioether (sulfide) groups is 1. The van der Waals surface area contributed by atoms with Gasteiger partial charge in [-0.3, -0.25) is 14.9 Å². The fourth-order valence-corrected chi connectivity index (χ4v) is 3.02. The van der Waals surface area contributed by atoms with Crippen LogP contribution in [0, 0.1) is 10.1 Å². The Bertz CT molecular complexity index is 1010. The highest BCUT2D eigenvalue weighted by molar-refractivity contribution is 7.99. The first-order valence-electron chi connectivity index (χ1n) is 7.79. The molecule has 0 saturated carbocycles. The molecule has 0 radical (unpaired) electrons. The minimum Gasteiger partial charge on any atom is -0.320 e. The molecule has 1 amide bonds. The van der Waals surface area contributed by atoms with Crippen molar-refractivity contribution in [2.24, 2.45) is 0 Å². The quantitative estimate of drug-likeness (QED) is 0.364. The maximum atomic E-state index is 13.2. The molecule has 0 fully saturated rings. The van der Waals surface area contributed by atoms with Crippen molar-refractivity contribution in [3.63, 3.8) is 0 Å². The monoisotopic (exact) mass is 406 g/mol. The molecule has 3 aromatic rings. The number of hydrogen-bond donors (Lipinski definition) is 1. The van der Waals surface area contributed by atoms with Crippen molar-refractivity contribution in [2.75, 3.05) is 11.1 Å². The van der Waals surface area contributed by atoms with Gasteiger partial charge in [0.2, 0.25) is 11.1 Å². The number of alkyl halides is 2. The minimum atomic E-state index is -2.72. The van der Waals surface area contributed by atoms with E-state index < -0.39 is 17.3 Å². The number of aromatic nitrogens is 4. The summed E-state index contributed by atoms with van der Waals surface area (Å²) in [4.78, 5) is 22.5. The molecule has 0 aliphatic rings. The van der Waals surface area contributed by atoms with E-state index in [1.54, 1.807) is 12.1 Å². The minimum absolute atomic E-state index is 0.0562. The summed E-state index contributed by atoms with van der Waals surface area (Å²) in [7, 11) is 0. The SMILES string of the molecule is O=C(CSc1nnnn1-c1ccccc1C(F)F)Nc1ccccc1[N+](=O)[O-]. The number of nitro groups is 1. The smallest absolute Gasteiger partial charge is 0.292 e. The van der Waals surface area contributed by atoms with Crippen molar-refractivity contribution in [3.05, 3.63) is 64.2 Å². The first-order valence-corrected chi connectivity index (χ1v) is 8.78. The third-order valence-corrected chi connectivity index (χ3v) is 4.47. The molecule has 2 aromatic carbocycles. The normalized spacial score (nSPS) is 10.8. The Morgan fingerprint density at radius 3 is 2.68 bits per heavy atom. The Kier molecular flexibility index (Phi) is 5.89. The average molecular weight is 406 g/mol. The molecule has 3 rings (SSSR count). The molecule has 12 heteroatoms. The van der Waals surface area contributed by atoms with Gasteiger partial charge in [-0.2, -0.15) is 4.68 Å². The number of amides is 1. The zero-order chi connectivity index (χ0) is 20.1. The summed E-state index contributed by atoms with van der Waals surface area (Å²) in [5.74, 6) is -0.709. The number of rotatable bonds is 7. The largest absolute Gasteiger partial charge is 0.320 e. The van der Waals surface area contributed by atoms with E-state index >= 15 is 0 Å². The Hall–Kier alpha value is -3.41. The number of nitrogens with one attached hydrogen (secondary N) is 1. The molecule has 1 N–H and O–H groups in total. The van der Waals surface area contributed by atoms with Crippen molar-refractivity contribution in [2.45, 2.75) is 11.6 Å². The standard InChI is InChI=1S/C16H12F2N6O3S/c17-15(18)10-5-1-3-7-12(10)23-16(20-21-22-23)28-9-14(25)19-11-6-2-4-8-13(11)24(26)27/h1-8,15H,9H2,(H,19,25). The molecule has 0 aliphatic carbocycles. The van der Waals surface area contributed by atoms with E-state index in [-0.39, 0.29) is 33.5 Å². The van der Waals surface area contributed by atoms with Gasteiger partial charge < -0.3 is 5.32 Å². The molecule has 0 spiro atoms. The molecule has 9 nitrogen and oxygen atoms in total. The van der Waals surface area contributed by atoms with Crippen LogP contribution in [-0.2, 0) is 4.79 Å². The lowest BCUT2D eigenvalue weighted by Gasteiger charge is -2.09. The lowest BCUT2D eigenvalue weighted by atomic mass is 10.2. The van der Waals surface area contributed by atoms with Crippen LogP contribution in [0.1, 0.15) is 12.0 Å². The summed E-state index contributed by atoms with van der Waals surface area (Å²) in [5.41, 5.74) is -0.331. The van der Waals surface area contributed by atoms with Crippen molar-refractivity contribution in [1.82, 2.24) is 20.2 Å². The van der Waals surface area contributed by atoms with Crippen molar-refractivity contribution in [3.8, 4) is 5.69 Å². The molecular formula is C16H12F2N6O3S. The van der Waals surface area contributed by atoms with Crippen LogP contribution in [0.4, 0.5) is 20.2 Å². The highest BCUT2D eigenvalue weighted by Gasteiger charge is 2.19. The van der Waals surface area contributed by atoms with Gasteiger partial charge in [-0.15, -0.1) is 5.10 Å². The average Bonchev–Trinajstić information content (AvgIpc) is 3.15. The number of nitro benzene ring substituents is 1. The number of carbonyl (C=O) groups is 1. The number of para-hydroxylation sites is 3. The van der Waals surface area contributed by atoms with E-state index in [2.05, 4.69) is 20.8 Å². The Morgan fingerprint density at radius 2 is 1.93 bits per heavy atom. The molecule has 0 unspecified atom stereocenters. The van der Waals surface area contributed by atoms with Crippen LogP contribution in [0.3, 0.4) is 0 Å². The van der Waals surface area contributed by atoms with Crippen LogP contribution in [-0.4, -0.2) is 36.8 Å². The van der Waals surface area contributed by atoms with Gasteiger partial charge in [0.05, 0.1) is 16.4 Å². The number of anilines is 1. The van der Waals surface area contributed by atoms with Crippen molar-refractivity contribution in [1.29, 1.82) is 0 Å². The number of halogens is 2. The summed E-state index contributed by atoms with van der Waals surface area (Å²) in [6, 6.07) is 11.5. The molecule has 0 saturated heterocycles. The van der Waals surface area contributed by atoms with Gasteiger partial charge in [0.25, 0.3) is 12.1 Å². The molecule has 0 aliphatic heterocycles. The van der Waals surface area contributed by atoms with Gasteiger partial charge >= 0.3 is 0 Å². The van der Waals surface area contributed by atoms with E-state index in [0.29, 0.717) is 0 Å². The predicted octanol–water partition coefficient (Wildman–Crippen LogP) is 3.24. The number of tetrazole rings is 1. The lowest BCUT2D eigenvalue weighted by molar-refractivity contribution is -0.383. The summed E-state index contributed by atoms with van der Waals surface area (Å²) < 4.78 is 27.5. The summed E-state index contributed by atoms with van der Waals surface area (Å²) in [5, 5.41) is 24.5. The highest BCUT2D eigenvalue weighted by atomic mass is 32.2. The zero-order valence-corrected chi connectivity index (χ0v) is 14.8. The van der Waals surface area contributed by atoms with Crippen LogP contribution < -0.4 is 5.32 Å².